The van der Waals surface area contributed by atoms with Gasteiger partial charge in [-0.1, -0.05) is 33.3 Å². The summed E-state index contributed by atoms with van der Waals surface area (Å²) in [7, 11) is -1.44. The van der Waals surface area contributed by atoms with E-state index in [1.165, 1.54) is 0 Å². The van der Waals surface area contributed by atoms with Crippen molar-refractivity contribution in [1.29, 1.82) is 0 Å². The Balaban J connectivity index is 1.88. The molecule has 0 aromatic rings. The van der Waals surface area contributed by atoms with Gasteiger partial charge in [0.1, 0.15) is 11.4 Å². The fraction of sp³-hybridized carbons (Fsp3) is 0.810. The Morgan fingerprint density at radius 2 is 1.74 bits per heavy atom. The predicted molar refractivity (Wildman–Crippen MR) is 105 cm³/mol. The van der Waals surface area contributed by atoms with Crippen LogP contribution in [0.25, 0.3) is 0 Å². The first-order chi connectivity index (χ1) is 12.5. The number of hydrogen-bond donors (Lipinski definition) is 1. The van der Waals surface area contributed by atoms with Crippen molar-refractivity contribution >= 4 is 11.0 Å². The molecule has 3 unspecified atom stereocenters. The normalized spacial score (nSPS) is 42.4. The van der Waals surface area contributed by atoms with Gasteiger partial charge in [0.15, 0.2) is 5.79 Å². The van der Waals surface area contributed by atoms with Crippen LogP contribution in [0.15, 0.2) is 23.6 Å². The van der Waals surface area contributed by atoms with Crippen LogP contribution < -0.4 is 4.72 Å². The predicted octanol–water partition coefficient (Wildman–Crippen LogP) is 4.16. The highest BCUT2D eigenvalue weighted by atomic mass is 32.2. The fourth-order valence-corrected chi connectivity index (χ4v) is 7.02. The Morgan fingerprint density at radius 1 is 1.11 bits per heavy atom. The van der Waals surface area contributed by atoms with E-state index >= 15 is 0 Å². The molecule has 6 heteroatoms. The van der Waals surface area contributed by atoms with E-state index in [4.69, 9.17) is 9.47 Å². The minimum absolute atomic E-state index is 0.0475. The summed E-state index contributed by atoms with van der Waals surface area (Å²) in [6.07, 6.45) is 7.02. The van der Waals surface area contributed by atoms with Gasteiger partial charge in [-0.2, -0.15) is 0 Å². The van der Waals surface area contributed by atoms with E-state index in [9.17, 15) is 8.60 Å². The largest absolute Gasteiger partial charge is 0.347 e. The van der Waals surface area contributed by atoms with E-state index in [1.54, 1.807) is 6.08 Å². The zero-order chi connectivity index (χ0) is 19.7. The van der Waals surface area contributed by atoms with E-state index in [2.05, 4.69) is 25.5 Å². The molecular weight excluding hydrogens is 365 g/mol. The molecule has 4 aliphatic rings. The Bertz CT molecular complexity index is 719. The number of allylic oxidation sites excluding steroid dienone is 3. The molecule has 1 N–H and O–H groups in total. The third kappa shape index (κ3) is 2.74. The van der Waals surface area contributed by atoms with Crippen molar-refractivity contribution in [3.05, 3.63) is 23.6 Å². The monoisotopic (exact) mass is 397 g/mol. The molecule has 1 saturated carbocycles. The molecule has 3 fully saturated rings. The highest BCUT2D eigenvalue weighted by molar-refractivity contribution is 7.84. The van der Waals surface area contributed by atoms with Gasteiger partial charge in [0.2, 0.25) is 0 Å². The molecule has 2 aliphatic heterocycles. The quantitative estimate of drug-likeness (QED) is 0.668. The minimum atomic E-state index is -1.44. The average molecular weight is 398 g/mol. The van der Waals surface area contributed by atoms with Crippen LogP contribution in [0, 0.1) is 17.3 Å². The smallest absolute Gasteiger partial charge is 0.191 e. The first kappa shape index (κ1) is 19.7. The molecule has 4 nitrogen and oxygen atoms in total. The van der Waals surface area contributed by atoms with Crippen LogP contribution in [0.2, 0.25) is 0 Å². The molecule has 2 spiro atoms. The number of hydrogen-bond acceptors (Lipinski definition) is 3. The topological polar surface area (TPSA) is 47.6 Å². The summed E-state index contributed by atoms with van der Waals surface area (Å²) in [4.78, 5) is 0. The number of ether oxygens (including phenoxy) is 2. The molecule has 0 radical (unpaired) electrons. The van der Waals surface area contributed by atoms with Crippen molar-refractivity contribution in [3.63, 3.8) is 0 Å². The van der Waals surface area contributed by atoms with Gasteiger partial charge in [0.25, 0.3) is 0 Å². The van der Waals surface area contributed by atoms with Crippen molar-refractivity contribution in [1.82, 2.24) is 4.72 Å². The Morgan fingerprint density at radius 3 is 2.41 bits per heavy atom. The lowest BCUT2D eigenvalue weighted by Crippen LogP contribution is -2.71. The molecule has 2 aliphatic carbocycles. The van der Waals surface area contributed by atoms with Crippen LogP contribution in [0.1, 0.15) is 60.3 Å². The fourth-order valence-electron chi connectivity index (χ4n) is 5.52. The molecule has 0 aromatic carbocycles. The van der Waals surface area contributed by atoms with Gasteiger partial charge in [-0.3, -0.25) is 0 Å². The molecule has 2 bridgehead atoms. The van der Waals surface area contributed by atoms with Gasteiger partial charge in [0.05, 0.1) is 28.9 Å². The highest BCUT2D eigenvalue weighted by Gasteiger charge is 2.65. The maximum atomic E-state index is 14.8. The van der Waals surface area contributed by atoms with E-state index < -0.39 is 33.0 Å². The molecule has 2 heterocycles. The highest BCUT2D eigenvalue weighted by Crippen LogP contribution is 2.56. The summed E-state index contributed by atoms with van der Waals surface area (Å²) in [6, 6.07) is 0. The number of nitrogens with one attached hydrogen (secondary N) is 1. The number of rotatable bonds is 0. The summed E-state index contributed by atoms with van der Waals surface area (Å²) in [5, 5.41) is 0. The summed E-state index contributed by atoms with van der Waals surface area (Å²) in [5.74, 6) is -1.51. The van der Waals surface area contributed by atoms with E-state index in [-0.39, 0.29) is 17.2 Å². The third-order valence-electron chi connectivity index (χ3n) is 7.05. The lowest BCUT2D eigenvalue weighted by atomic mass is 9.63. The van der Waals surface area contributed by atoms with Crippen LogP contribution >= 0.6 is 0 Å². The number of fused-ring (bicyclic) bond motifs is 4. The van der Waals surface area contributed by atoms with Crippen LogP contribution in [0.3, 0.4) is 0 Å². The van der Waals surface area contributed by atoms with E-state index in [0.29, 0.717) is 13.2 Å². The van der Waals surface area contributed by atoms with Gasteiger partial charge in [-0.15, -0.1) is 0 Å². The van der Waals surface area contributed by atoms with Gasteiger partial charge >= 0.3 is 0 Å². The van der Waals surface area contributed by atoms with Crippen LogP contribution in [-0.4, -0.2) is 33.5 Å². The first-order valence-corrected chi connectivity index (χ1v) is 11.3. The van der Waals surface area contributed by atoms with Crippen LogP contribution in [0.5, 0.6) is 0 Å². The minimum Gasteiger partial charge on any atom is -0.347 e. The Kier molecular flexibility index (Phi) is 4.55. The molecule has 0 amide bonds. The zero-order valence-electron chi connectivity index (χ0n) is 17.1. The number of halogens is 1. The second kappa shape index (κ2) is 6.22. The SMILES string of the molecule is CC1C2=CC=C(F)C1C(C)(C)S(=O)N[C@@]21CCCCC12OCC(C)(C)CO2. The van der Waals surface area contributed by atoms with Crippen LogP contribution in [0.4, 0.5) is 4.39 Å². The maximum absolute atomic E-state index is 14.8. The lowest BCUT2D eigenvalue weighted by molar-refractivity contribution is -0.334. The summed E-state index contributed by atoms with van der Waals surface area (Å²) < 4.78 is 44.0. The molecular formula is C21H32FNO3S. The van der Waals surface area contributed by atoms with Gasteiger partial charge in [0, 0.05) is 17.8 Å². The third-order valence-corrected chi connectivity index (χ3v) is 8.79. The van der Waals surface area contributed by atoms with E-state index in [0.717, 1.165) is 31.3 Å². The molecule has 2 saturated heterocycles. The van der Waals surface area contributed by atoms with E-state index in [1.807, 2.05) is 19.9 Å². The van der Waals surface area contributed by atoms with Crippen molar-refractivity contribution < 1.29 is 18.1 Å². The second-order valence-corrected chi connectivity index (χ2v) is 11.8. The standard InChI is InChI=1S/C21H32FNO3S/c1-14-15-8-9-16(22)17(14)19(4,5)27(24)23-20(15)10-6-7-11-21(20)25-12-18(2,3)13-26-21/h8-9,14,17,23H,6-7,10-13H2,1-5H3/t14?,17?,20-,27?/m0/s1. The molecule has 27 heavy (non-hydrogen) atoms. The summed E-state index contributed by atoms with van der Waals surface area (Å²) in [5.41, 5.74) is 0.343. The first-order valence-electron chi connectivity index (χ1n) is 10.1. The van der Waals surface area contributed by atoms with Gasteiger partial charge in [-0.25, -0.2) is 13.3 Å². The Labute approximate surface area is 164 Å². The molecule has 4 atom stereocenters. The molecule has 152 valence electrons. The summed E-state index contributed by atoms with van der Waals surface area (Å²) >= 11 is 0. The second-order valence-electron chi connectivity index (χ2n) is 10.0. The average Bonchev–Trinajstić information content (AvgIpc) is 2.62. The van der Waals surface area contributed by atoms with Crippen molar-refractivity contribution in [3.8, 4) is 0 Å². The zero-order valence-corrected chi connectivity index (χ0v) is 17.9. The van der Waals surface area contributed by atoms with Crippen LogP contribution in [-0.2, 0) is 20.5 Å². The van der Waals surface area contributed by atoms with Gasteiger partial charge < -0.3 is 9.47 Å². The summed E-state index contributed by atoms with van der Waals surface area (Å²) in [6.45, 7) is 11.3. The molecule has 4 rings (SSSR count). The lowest BCUT2D eigenvalue weighted by Gasteiger charge is -2.57. The maximum Gasteiger partial charge on any atom is 0.191 e. The van der Waals surface area contributed by atoms with Gasteiger partial charge in [-0.05, 0) is 44.3 Å². The van der Waals surface area contributed by atoms with Crippen molar-refractivity contribution in [2.75, 3.05) is 13.2 Å². The van der Waals surface area contributed by atoms with Crippen molar-refractivity contribution in [2.24, 2.45) is 17.3 Å². The van der Waals surface area contributed by atoms with Crippen molar-refractivity contribution in [2.45, 2.75) is 76.4 Å². The molecule has 0 aromatic heterocycles. The Hall–Kier alpha value is -0.560.